The maximum Gasteiger partial charge on any atom is 0.306 e. The largest absolute Gasteiger partial charge is 0.462 e. The first-order valence-corrected chi connectivity index (χ1v) is 31.1. The Morgan fingerprint density at radius 1 is 0.288 bits per heavy atom. The first kappa shape index (κ1) is 69.6. The van der Waals surface area contributed by atoms with Crippen molar-refractivity contribution < 1.29 is 28.6 Å². The summed E-state index contributed by atoms with van der Waals surface area (Å²) in [6.07, 6.45) is 80.1. The summed E-state index contributed by atoms with van der Waals surface area (Å²) in [5.41, 5.74) is 0. The van der Waals surface area contributed by atoms with Crippen molar-refractivity contribution in [3.05, 3.63) is 85.1 Å². The fourth-order valence-electron chi connectivity index (χ4n) is 8.74. The third-order valence-electron chi connectivity index (χ3n) is 13.4. The monoisotopic (exact) mass is 1020 g/mol. The Kier molecular flexibility index (Phi) is 58.3. The minimum absolute atomic E-state index is 0.0775. The van der Waals surface area contributed by atoms with Crippen LogP contribution in [0.5, 0.6) is 0 Å². The fourth-order valence-corrected chi connectivity index (χ4v) is 8.74. The molecular formula is C67H116O6. The molecule has 0 aromatic heterocycles. The van der Waals surface area contributed by atoms with Gasteiger partial charge in [0.25, 0.3) is 0 Å². The van der Waals surface area contributed by atoms with Gasteiger partial charge in [-0.05, 0) is 96.3 Å². The van der Waals surface area contributed by atoms with Crippen LogP contribution >= 0.6 is 0 Å². The molecule has 0 fully saturated rings. The number of esters is 3. The average Bonchev–Trinajstić information content (AvgIpc) is 3.39. The van der Waals surface area contributed by atoms with Crippen molar-refractivity contribution in [2.45, 2.75) is 309 Å². The van der Waals surface area contributed by atoms with E-state index in [9.17, 15) is 14.4 Å². The van der Waals surface area contributed by atoms with Gasteiger partial charge in [-0.15, -0.1) is 0 Å². The van der Waals surface area contributed by atoms with Gasteiger partial charge in [0.15, 0.2) is 6.10 Å². The van der Waals surface area contributed by atoms with Gasteiger partial charge in [0.2, 0.25) is 0 Å². The predicted molar refractivity (Wildman–Crippen MR) is 316 cm³/mol. The number of unbranched alkanes of at least 4 members (excludes halogenated alkanes) is 31. The molecule has 0 aliphatic rings. The van der Waals surface area contributed by atoms with Gasteiger partial charge in [0, 0.05) is 19.3 Å². The first-order valence-electron chi connectivity index (χ1n) is 31.1. The molecule has 0 heterocycles. The molecule has 0 saturated carbocycles. The van der Waals surface area contributed by atoms with E-state index < -0.39 is 6.10 Å². The smallest absolute Gasteiger partial charge is 0.306 e. The minimum Gasteiger partial charge on any atom is -0.462 e. The Bertz CT molecular complexity index is 1400. The highest BCUT2D eigenvalue weighted by Crippen LogP contribution is 2.16. The summed E-state index contributed by atoms with van der Waals surface area (Å²) >= 11 is 0. The van der Waals surface area contributed by atoms with Gasteiger partial charge in [0.05, 0.1) is 0 Å². The summed E-state index contributed by atoms with van der Waals surface area (Å²) in [6, 6.07) is 0. The van der Waals surface area contributed by atoms with Gasteiger partial charge in [0.1, 0.15) is 13.2 Å². The van der Waals surface area contributed by atoms with Crippen LogP contribution in [0.15, 0.2) is 85.1 Å². The number of carbonyl (C=O) groups is 3. The summed E-state index contributed by atoms with van der Waals surface area (Å²) in [5, 5.41) is 0. The molecule has 0 aliphatic heterocycles. The van der Waals surface area contributed by atoms with Crippen molar-refractivity contribution >= 4 is 17.9 Å². The number of hydrogen-bond donors (Lipinski definition) is 0. The van der Waals surface area contributed by atoms with Gasteiger partial charge in [-0.1, -0.05) is 273 Å². The molecule has 0 saturated heterocycles. The molecular weight excluding hydrogens is 901 g/mol. The zero-order valence-electron chi connectivity index (χ0n) is 48.1. The Morgan fingerprint density at radius 3 is 0.863 bits per heavy atom. The second kappa shape index (κ2) is 61.1. The molecule has 0 aliphatic carbocycles. The van der Waals surface area contributed by atoms with E-state index in [4.69, 9.17) is 14.2 Å². The van der Waals surface area contributed by atoms with E-state index >= 15 is 0 Å². The third kappa shape index (κ3) is 59.3. The van der Waals surface area contributed by atoms with Gasteiger partial charge in [-0.25, -0.2) is 0 Å². The standard InChI is InChI=1S/C67H116O6/c1-4-7-10-13-16-19-22-24-26-28-29-30-31-32-33-34-35-36-37-39-40-42-45-48-51-54-57-60-66(69)72-63-64(62-71-65(68)59-56-53-50-47-44-21-18-15-12-9-6-3)73-67(70)61-58-55-52-49-46-43-41-38-27-25-23-20-17-14-11-8-5-2/h7,10,16-17,19-20,24-27,29-30,32-33,64H,4-6,8-9,11-15,18,21-23,28,31,34-63H2,1-3H3/b10-7-,19-16-,20-17-,26-24-,27-25-,30-29-,33-32-. The highest BCUT2D eigenvalue weighted by molar-refractivity contribution is 5.71. The number of rotatable bonds is 56. The van der Waals surface area contributed by atoms with E-state index in [1.807, 2.05) is 0 Å². The van der Waals surface area contributed by atoms with E-state index in [1.54, 1.807) is 0 Å². The summed E-state index contributed by atoms with van der Waals surface area (Å²) in [6.45, 7) is 6.51. The molecule has 6 heteroatoms. The number of carbonyl (C=O) groups excluding carboxylic acids is 3. The maximum absolute atomic E-state index is 12.9. The molecule has 6 nitrogen and oxygen atoms in total. The molecule has 0 bridgehead atoms. The maximum atomic E-state index is 12.9. The van der Waals surface area contributed by atoms with Crippen molar-refractivity contribution in [1.29, 1.82) is 0 Å². The molecule has 0 aromatic rings. The topological polar surface area (TPSA) is 78.9 Å². The summed E-state index contributed by atoms with van der Waals surface area (Å²) < 4.78 is 16.9. The van der Waals surface area contributed by atoms with Crippen LogP contribution in [0.4, 0.5) is 0 Å². The number of ether oxygens (including phenoxy) is 3. The lowest BCUT2D eigenvalue weighted by molar-refractivity contribution is -0.167. The minimum atomic E-state index is -0.780. The van der Waals surface area contributed by atoms with Crippen LogP contribution in [0, 0.1) is 0 Å². The van der Waals surface area contributed by atoms with E-state index in [0.717, 1.165) is 103 Å². The summed E-state index contributed by atoms with van der Waals surface area (Å²) in [4.78, 5) is 38.2. The van der Waals surface area contributed by atoms with E-state index in [1.165, 1.54) is 161 Å². The van der Waals surface area contributed by atoms with Crippen LogP contribution in [0.25, 0.3) is 0 Å². The van der Waals surface area contributed by atoms with E-state index in [2.05, 4.69) is 106 Å². The Morgan fingerprint density at radius 2 is 0.534 bits per heavy atom. The van der Waals surface area contributed by atoms with Crippen molar-refractivity contribution in [2.75, 3.05) is 13.2 Å². The second-order valence-corrected chi connectivity index (χ2v) is 20.6. The molecule has 1 atom stereocenters. The molecule has 0 aromatic carbocycles. The van der Waals surface area contributed by atoms with E-state index in [-0.39, 0.29) is 31.1 Å². The Balaban J connectivity index is 4.26. The number of hydrogen-bond acceptors (Lipinski definition) is 6. The summed E-state index contributed by atoms with van der Waals surface area (Å²) in [7, 11) is 0. The molecule has 1 unspecified atom stereocenters. The van der Waals surface area contributed by atoms with Crippen molar-refractivity contribution in [1.82, 2.24) is 0 Å². The van der Waals surface area contributed by atoms with Gasteiger partial charge < -0.3 is 14.2 Å². The third-order valence-corrected chi connectivity index (χ3v) is 13.4. The van der Waals surface area contributed by atoms with Crippen molar-refractivity contribution in [3.63, 3.8) is 0 Å². The van der Waals surface area contributed by atoms with Crippen LogP contribution < -0.4 is 0 Å². The van der Waals surface area contributed by atoms with Crippen LogP contribution in [0.2, 0.25) is 0 Å². The van der Waals surface area contributed by atoms with Crippen LogP contribution in [0.1, 0.15) is 303 Å². The molecule has 0 spiro atoms. The normalized spacial score (nSPS) is 12.6. The SMILES string of the molecule is CC/C=C\C/C=C\C/C=C\C/C=C\C/C=C\CCCCCCCCCCCCCC(=O)OCC(COC(=O)CCCCCCCCCCCCC)OC(=O)CCCCCCCCC/C=C\C/C=C\CCCCC. The second-order valence-electron chi connectivity index (χ2n) is 20.6. The van der Waals surface area contributed by atoms with Gasteiger partial charge >= 0.3 is 17.9 Å². The fraction of sp³-hybridized carbons (Fsp3) is 0.746. The van der Waals surface area contributed by atoms with Gasteiger partial charge in [-0.3, -0.25) is 14.4 Å². The highest BCUT2D eigenvalue weighted by Gasteiger charge is 2.19. The highest BCUT2D eigenvalue weighted by atomic mass is 16.6. The zero-order chi connectivity index (χ0) is 52.9. The molecule has 0 N–H and O–H groups in total. The lowest BCUT2D eigenvalue weighted by Gasteiger charge is -2.18. The molecule has 0 rings (SSSR count). The predicted octanol–water partition coefficient (Wildman–Crippen LogP) is 21.1. The zero-order valence-corrected chi connectivity index (χ0v) is 48.1. The van der Waals surface area contributed by atoms with Crippen LogP contribution in [0.3, 0.4) is 0 Å². The van der Waals surface area contributed by atoms with Crippen molar-refractivity contribution in [3.8, 4) is 0 Å². The Hall–Kier alpha value is -3.41. The average molecular weight is 1020 g/mol. The summed E-state index contributed by atoms with van der Waals surface area (Å²) in [5.74, 6) is -0.879. The van der Waals surface area contributed by atoms with Crippen LogP contribution in [-0.4, -0.2) is 37.2 Å². The number of allylic oxidation sites excluding steroid dienone is 14. The first-order chi connectivity index (χ1) is 36.0. The molecule has 420 valence electrons. The van der Waals surface area contributed by atoms with Crippen molar-refractivity contribution in [2.24, 2.45) is 0 Å². The molecule has 0 radical (unpaired) electrons. The van der Waals surface area contributed by atoms with E-state index in [0.29, 0.717) is 19.3 Å². The quantitative estimate of drug-likeness (QED) is 0.0261. The lowest BCUT2D eigenvalue weighted by atomic mass is 10.0. The molecule has 0 amide bonds. The van der Waals surface area contributed by atoms with Crippen LogP contribution in [-0.2, 0) is 28.6 Å². The lowest BCUT2D eigenvalue weighted by Crippen LogP contribution is -2.30. The van der Waals surface area contributed by atoms with Gasteiger partial charge in [-0.2, -0.15) is 0 Å². The molecule has 73 heavy (non-hydrogen) atoms. The Labute approximate surface area is 452 Å².